The molecule has 0 aromatic heterocycles. The van der Waals surface area contributed by atoms with Gasteiger partial charge >= 0.3 is 0 Å². The van der Waals surface area contributed by atoms with E-state index in [4.69, 9.17) is 4.74 Å². The Kier molecular flexibility index (Phi) is 14.9. The molecule has 25 heavy (non-hydrogen) atoms. The summed E-state index contributed by atoms with van der Waals surface area (Å²) >= 11 is 0. The van der Waals surface area contributed by atoms with Crippen molar-refractivity contribution < 1.29 is 38.9 Å². The maximum absolute atomic E-state index is 5.52. The molecule has 0 unspecified atom stereocenters. The summed E-state index contributed by atoms with van der Waals surface area (Å²) < 4.78 is 5.52. The van der Waals surface area contributed by atoms with Gasteiger partial charge in [0.1, 0.15) is 0 Å². The van der Waals surface area contributed by atoms with Gasteiger partial charge in [-0.2, -0.15) is 60.7 Å². The average Bonchev–Trinajstić information content (AvgIpc) is 3.39. The van der Waals surface area contributed by atoms with E-state index in [2.05, 4.69) is 24.3 Å². The van der Waals surface area contributed by atoms with Crippen LogP contribution in [0.25, 0.3) is 0 Å². The Morgan fingerprint density at radius 1 is 0.520 bits per heavy atom. The van der Waals surface area contributed by atoms with Crippen molar-refractivity contribution in [3.8, 4) is 0 Å². The zero-order chi connectivity index (χ0) is 16.0. The summed E-state index contributed by atoms with van der Waals surface area (Å²) in [7, 11) is 0. The monoisotopic (exact) mass is 414 g/mol. The Hall–Kier alpha value is -1.60. The molecule has 4 aromatic carbocycles. The summed E-state index contributed by atoms with van der Waals surface area (Å²) in [4.78, 5) is 0. The van der Waals surface area contributed by atoms with Gasteiger partial charge in [0.25, 0.3) is 0 Å². The molecule has 0 saturated heterocycles. The van der Waals surface area contributed by atoms with Gasteiger partial charge in [-0.3, -0.25) is 0 Å². The maximum Gasteiger partial charge on any atom is 0.0263 e. The van der Waals surface area contributed by atoms with Crippen molar-refractivity contribution in [1.29, 1.82) is 0 Å². The first-order valence-electron chi connectivity index (χ1n) is 7.77. The van der Waals surface area contributed by atoms with Gasteiger partial charge < -0.3 is 4.74 Å². The molecule has 0 fully saturated rings. The van der Waals surface area contributed by atoms with Crippen LogP contribution in [0.2, 0.25) is 0 Å². The van der Waals surface area contributed by atoms with E-state index >= 15 is 0 Å². The van der Waals surface area contributed by atoms with E-state index < -0.39 is 0 Å². The summed E-state index contributed by atoms with van der Waals surface area (Å²) in [6.45, 7) is 1.41. The zero-order valence-electron chi connectivity index (χ0n) is 13.9. The molecule has 0 aliphatic heterocycles. The van der Waals surface area contributed by atoms with E-state index in [1.165, 1.54) is 11.1 Å². The van der Waals surface area contributed by atoms with Gasteiger partial charge in [-0.25, -0.2) is 48.5 Å². The van der Waals surface area contributed by atoms with E-state index in [0.29, 0.717) is 13.2 Å². The van der Waals surface area contributed by atoms with E-state index in [9.17, 15) is 0 Å². The van der Waals surface area contributed by atoms with E-state index in [1.54, 1.807) is 0 Å². The molecule has 0 saturated carbocycles. The summed E-state index contributed by atoms with van der Waals surface area (Å²) in [5, 5.41) is 0. The van der Waals surface area contributed by atoms with Crippen LogP contribution in [-0.2, 0) is 52.1 Å². The van der Waals surface area contributed by atoms with Crippen molar-refractivity contribution in [2.24, 2.45) is 0 Å². The van der Waals surface area contributed by atoms with Gasteiger partial charge in [0.05, 0.1) is 0 Å². The Bertz CT molecular complexity index is 553. The van der Waals surface area contributed by atoms with Crippen molar-refractivity contribution in [2.75, 3.05) is 0 Å². The van der Waals surface area contributed by atoms with Gasteiger partial charge in [0.2, 0.25) is 0 Å². The van der Waals surface area contributed by atoms with Gasteiger partial charge in [-0.05, 0) is 0 Å². The third-order valence-electron chi connectivity index (χ3n) is 3.11. The number of hydrogen-bond acceptors (Lipinski definition) is 1. The molecule has 0 amide bonds. The molecule has 0 bridgehead atoms. The maximum atomic E-state index is 5.52. The van der Waals surface area contributed by atoms with Crippen LogP contribution in [0.5, 0.6) is 0 Å². The second-order valence-corrected chi connectivity index (χ2v) is 5.00. The minimum Gasteiger partial charge on any atom is -0.397 e. The van der Waals surface area contributed by atoms with Crippen LogP contribution in [-0.4, -0.2) is 0 Å². The third kappa shape index (κ3) is 11.6. The topological polar surface area (TPSA) is 9.23 Å². The summed E-state index contributed by atoms with van der Waals surface area (Å²) in [5.74, 6) is 0. The number of ether oxygens (including phenoxy) is 1. The third-order valence-corrected chi connectivity index (χ3v) is 3.11. The average molecular weight is 414 g/mol. The SMILES string of the molecule is [Fe].[Fe].c1cc[c-](COC[c-]2cccc2)c1.c1cc[cH-]c1.c1cc[cH-]c1. The fourth-order valence-corrected chi connectivity index (χ4v) is 1.95. The van der Waals surface area contributed by atoms with E-state index in [0.717, 1.165) is 0 Å². The summed E-state index contributed by atoms with van der Waals surface area (Å²) in [6, 6.07) is 36.4. The van der Waals surface area contributed by atoms with Crippen LogP contribution < -0.4 is 0 Å². The van der Waals surface area contributed by atoms with Crippen LogP contribution in [0.1, 0.15) is 11.1 Å². The van der Waals surface area contributed by atoms with Crippen LogP contribution in [0.4, 0.5) is 0 Å². The molecule has 0 spiro atoms. The van der Waals surface area contributed by atoms with Crippen molar-refractivity contribution in [2.45, 2.75) is 13.2 Å². The molecule has 1 nitrogen and oxygen atoms in total. The van der Waals surface area contributed by atoms with Crippen LogP contribution in [0.15, 0.2) is 109 Å². The summed E-state index contributed by atoms with van der Waals surface area (Å²) in [5.41, 5.74) is 2.48. The molecule has 0 N–H and O–H groups in total. The van der Waals surface area contributed by atoms with Gasteiger partial charge in [0.15, 0.2) is 0 Å². The molecule has 3 heteroatoms. The second-order valence-electron chi connectivity index (χ2n) is 5.00. The first-order valence-corrected chi connectivity index (χ1v) is 7.77. The molecule has 0 heterocycles. The molecule has 0 aliphatic rings. The van der Waals surface area contributed by atoms with Gasteiger partial charge in [0, 0.05) is 47.4 Å². The quantitative estimate of drug-likeness (QED) is 0.310. The molecular formula is C22H22Fe2O-4. The Morgan fingerprint density at radius 3 is 1.08 bits per heavy atom. The Labute approximate surface area is 172 Å². The minimum absolute atomic E-state index is 0. The molecular weight excluding hydrogens is 392 g/mol. The van der Waals surface area contributed by atoms with Crippen molar-refractivity contribution in [1.82, 2.24) is 0 Å². The molecule has 0 aliphatic carbocycles. The van der Waals surface area contributed by atoms with Crippen molar-refractivity contribution in [3.63, 3.8) is 0 Å². The minimum atomic E-state index is 0. The molecule has 0 radical (unpaired) electrons. The largest absolute Gasteiger partial charge is 0.397 e. The predicted molar refractivity (Wildman–Crippen MR) is 96.6 cm³/mol. The second kappa shape index (κ2) is 15.9. The first kappa shape index (κ1) is 23.4. The summed E-state index contributed by atoms with van der Waals surface area (Å²) in [6.07, 6.45) is 0. The van der Waals surface area contributed by atoms with E-state index in [1.807, 2.05) is 84.9 Å². The van der Waals surface area contributed by atoms with Crippen LogP contribution in [0.3, 0.4) is 0 Å². The standard InChI is InChI=1S/C12H12O.2C5H5.2Fe/c1-2-6-11(5-1)9-13-10-12-7-3-4-8-12;2*1-2-4-5-3-1;;/h1-8H,9-10H2;2*1-5H;;/q-2;2*-1;;. The Balaban J connectivity index is 0.000000400. The van der Waals surface area contributed by atoms with Crippen LogP contribution in [0, 0.1) is 0 Å². The normalized spacial score (nSPS) is 8.64. The van der Waals surface area contributed by atoms with Gasteiger partial charge in [-0.1, -0.05) is 0 Å². The molecule has 0 atom stereocenters. The molecule has 4 rings (SSSR count). The predicted octanol–water partition coefficient (Wildman–Crippen LogP) is 5.65. The fourth-order valence-electron chi connectivity index (χ4n) is 1.95. The van der Waals surface area contributed by atoms with Gasteiger partial charge in [-0.15, -0.1) is 11.1 Å². The Morgan fingerprint density at radius 2 is 0.840 bits per heavy atom. The molecule has 136 valence electrons. The van der Waals surface area contributed by atoms with E-state index in [-0.39, 0.29) is 34.1 Å². The number of rotatable bonds is 4. The van der Waals surface area contributed by atoms with Crippen LogP contribution >= 0.6 is 0 Å². The zero-order valence-corrected chi connectivity index (χ0v) is 16.1. The number of hydrogen-bond donors (Lipinski definition) is 0. The first-order chi connectivity index (χ1) is 11.4. The van der Waals surface area contributed by atoms with Crippen molar-refractivity contribution >= 4 is 0 Å². The molecule has 4 aromatic rings. The van der Waals surface area contributed by atoms with Crippen molar-refractivity contribution in [3.05, 3.63) is 120 Å². The smallest absolute Gasteiger partial charge is 0.0263 e. The fraction of sp³-hybridized carbons (Fsp3) is 0.0909.